The summed E-state index contributed by atoms with van der Waals surface area (Å²) in [5, 5.41) is 12.8. The minimum Gasteiger partial charge on any atom is -0.382 e. The number of nitrogens with two attached hydrogens (primary N) is 1. The van der Waals surface area contributed by atoms with Gasteiger partial charge >= 0.3 is 0 Å². The highest BCUT2D eigenvalue weighted by molar-refractivity contribution is 5.51. The molecule has 0 unspecified atom stereocenters. The van der Waals surface area contributed by atoms with Crippen LogP contribution in [-0.4, -0.2) is 19.6 Å². The summed E-state index contributed by atoms with van der Waals surface area (Å²) in [4.78, 5) is 8.09. The lowest BCUT2D eigenvalue weighted by Crippen LogP contribution is -2.03. The van der Waals surface area contributed by atoms with E-state index >= 15 is 0 Å². The number of fused-ring (bicyclic) bond motifs is 1. The van der Waals surface area contributed by atoms with E-state index in [1.807, 2.05) is 13.0 Å². The molecule has 0 spiro atoms. The molecule has 0 fully saturated rings. The fourth-order valence-corrected chi connectivity index (χ4v) is 1.13. The molecule has 0 amide bonds. The second-order valence-electron chi connectivity index (χ2n) is 2.76. The third kappa shape index (κ3) is 1.07. The lowest BCUT2D eigenvalue weighted by Gasteiger charge is -1.97. The summed E-state index contributed by atoms with van der Waals surface area (Å²) in [7, 11) is 0. The van der Waals surface area contributed by atoms with Gasteiger partial charge in [-0.15, -0.1) is 5.10 Å². The second-order valence-corrected chi connectivity index (χ2v) is 2.76. The predicted octanol–water partition coefficient (Wildman–Crippen LogP) is 0.141. The monoisotopic (exact) mass is 188 g/mol. The first-order valence-corrected chi connectivity index (χ1v) is 4.16. The van der Waals surface area contributed by atoms with Crippen molar-refractivity contribution in [1.29, 1.82) is 5.26 Å². The molecule has 6 nitrogen and oxygen atoms in total. The summed E-state index contributed by atoms with van der Waals surface area (Å²) in [6.45, 7) is 1.94. The van der Waals surface area contributed by atoms with Gasteiger partial charge < -0.3 is 5.73 Å². The number of nitrogen functional groups attached to an aromatic ring is 1. The Balaban J connectivity index is 2.76. The maximum Gasteiger partial charge on any atom is 0.254 e. The predicted molar refractivity (Wildman–Crippen MR) is 49.3 cm³/mol. The van der Waals surface area contributed by atoms with Crippen molar-refractivity contribution < 1.29 is 0 Å². The van der Waals surface area contributed by atoms with Crippen LogP contribution in [0.3, 0.4) is 0 Å². The van der Waals surface area contributed by atoms with Crippen LogP contribution in [0.2, 0.25) is 0 Å². The van der Waals surface area contributed by atoms with Gasteiger partial charge in [-0.25, -0.2) is 4.98 Å². The molecule has 0 saturated heterocycles. The average molecular weight is 188 g/mol. The summed E-state index contributed by atoms with van der Waals surface area (Å²) < 4.78 is 1.39. The molecule has 2 heterocycles. The Bertz CT molecular complexity index is 520. The van der Waals surface area contributed by atoms with Gasteiger partial charge in [-0.05, 0) is 0 Å². The van der Waals surface area contributed by atoms with Crippen molar-refractivity contribution in [3.63, 3.8) is 0 Å². The lowest BCUT2D eigenvalue weighted by atomic mass is 10.3. The summed E-state index contributed by atoms with van der Waals surface area (Å²) in [6, 6.07) is 1.94. The number of anilines is 1. The molecule has 2 aromatic rings. The Morgan fingerprint density at radius 2 is 2.43 bits per heavy atom. The molecular formula is C8H8N6. The Labute approximate surface area is 80.0 Å². The lowest BCUT2D eigenvalue weighted by molar-refractivity contribution is 0.886. The van der Waals surface area contributed by atoms with E-state index in [1.54, 1.807) is 0 Å². The van der Waals surface area contributed by atoms with Gasteiger partial charge in [0.15, 0.2) is 5.82 Å². The molecular weight excluding hydrogens is 180 g/mol. The average Bonchev–Trinajstić information content (AvgIpc) is 2.62. The van der Waals surface area contributed by atoms with Crippen LogP contribution in [0, 0.1) is 11.3 Å². The molecule has 2 aromatic heterocycles. The Morgan fingerprint density at radius 3 is 3.07 bits per heavy atom. The number of nitrogens with zero attached hydrogens (tertiary/aromatic N) is 5. The van der Waals surface area contributed by atoms with Crippen LogP contribution >= 0.6 is 0 Å². The summed E-state index contributed by atoms with van der Waals surface area (Å²) in [5.74, 6) is 1.38. The highest BCUT2D eigenvalue weighted by Crippen LogP contribution is 2.10. The van der Waals surface area contributed by atoms with Crippen molar-refractivity contribution in [3.8, 4) is 6.07 Å². The van der Waals surface area contributed by atoms with Crippen LogP contribution in [0.15, 0.2) is 6.20 Å². The van der Waals surface area contributed by atoms with Gasteiger partial charge in [0, 0.05) is 6.42 Å². The van der Waals surface area contributed by atoms with Gasteiger partial charge in [0.2, 0.25) is 0 Å². The molecule has 14 heavy (non-hydrogen) atoms. The number of hydrogen-bond donors (Lipinski definition) is 1. The number of rotatable bonds is 1. The SMILES string of the molecule is CCc1nc2ncc(C#N)c(N)n2n1. The molecule has 0 aliphatic heterocycles. The van der Waals surface area contributed by atoms with E-state index in [2.05, 4.69) is 15.1 Å². The van der Waals surface area contributed by atoms with Crippen LogP contribution in [0.25, 0.3) is 5.78 Å². The quantitative estimate of drug-likeness (QED) is 0.687. The van der Waals surface area contributed by atoms with Crippen LogP contribution < -0.4 is 5.73 Å². The molecule has 70 valence electrons. The van der Waals surface area contributed by atoms with Crippen LogP contribution in [0.4, 0.5) is 5.82 Å². The van der Waals surface area contributed by atoms with Gasteiger partial charge in [0.25, 0.3) is 5.78 Å². The highest BCUT2D eigenvalue weighted by Gasteiger charge is 2.08. The zero-order valence-corrected chi connectivity index (χ0v) is 7.60. The molecule has 6 heteroatoms. The van der Waals surface area contributed by atoms with Crippen LogP contribution in [-0.2, 0) is 6.42 Å². The smallest absolute Gasteiger partial charge is 0.254 e. The van der Waals surface area contributed by atoms with Crippen molar-refractivity contribution >= 4 is 11.6 Å². The van der Waals surface area contributed by atoms with Gasteiger partial charge in [-0.2, -0.15) is 14.8 Å². The maximum atomic E-state index is 8.71. The Hall–Kier alpha value is -2.16. The van der Waals surface area contributed by atoms with E-state index in [1.165, 1.54) is 10.7 Å². The fourth-order valence-electron chi connectivity index (χ4n) is 1.13. The third-order valence-electron chi connectivity index (χ3n) is 1.88. The molecule has 0 aromatic carbocycles. The van der Waals surface area contributed by atoms with Crippen molar-refractivity contribution in [2.45, 2.75) is 13.3 Å². The normalized spacial score (nSPS) is 10.3. The van der Waals surface area contributed by atoms with Gasteiger partial charge in [0.1, 0.15) is 17.5 Å². The van der Waals surface area contributed by atoms with E-state index in [0.29, 0.717) is 23.6 Å². The highest BCUT2D eigenvalue weighted by atomic mass is 15.3. The minimum absolute atomic E-state index is 0.282. The summed E-state index contributed by atoms with van der Waals surface area (Å²) in [5.41, 5.74) is 6.01. The first-order chi connectivity index (χ1) is 6.76. The fraction of sp³-hybridized carbons (Fsp3) is 0.250. The number of nitriles is 1. The molecule has 0 radical (unpaired) electrons. The maximum absolute atomic E-state index is 8.71. The second kappa shape index (κ2) is 2.96. The summed E-state index contributed by atoms with van der Waals surface area (Å²) >= 11 is 0. The largest absolute Gasteiger partial charge is 0.382 e. The van der Waals surface area contributed by atoms with E-state index in [4.69, 9.17) is 11.0 Å². The van der Waals surface area contributed by atoms with Crippen LogP contribution in [0.1, 0.15) is 18.3 Å². The van der Waals surface area contributed by atoms with Gasteiger partial charge in [-0.1, -0.05) is 6.92 Å². The zero-order chi connectivity index (χ0) is 10.1. The Kier molecular flexibility index (Phi) is 1.78. The molecule has 2 N–H and O–H groups in total. The zero-order valence-electron chi connectivity index (χ0n) is 7.60. The van der Waals surface area contributed by atoms with Crippen molar-refractivity contribution in [2.75, 3.05) is 5.73 Å². The van der Waals surface area contributed by atoms with Crippen LogP contribution in [0.5, 0.6) is 0 Å². The van der Waals surface area contributed by atoms with E-state index < -0.39 is 0 Å². The summed E-state index contributed by atoms with van der Waals surface area (Å²) in [6.07, 6.45) is 2.11. The third-order valence-corrected chi connectivity index (χ3v) is 1.88. The molecule has 0 saturated carbocycles. The van der Waals surface area contributed by atoms with E-state index in [9.17, 15) is 0 Å². The van der Waals surface area contributed by atoms with Gasteiger partial charge in [0.05, 0.1) is 6.20 Å². The molecule has 2 rings (SSSR count). The van der Waals surface area contributed by atoms with Crippen molar-refractivity contribution in [3.05, 3.63) is 17.6 Å². The van der Waals surface area contributed by atoms with E-state index in [0.717, 1.165) is 0 Å². The topological polar surface area (TPSA) is 92.9 Å². The number of aromatic nitrogens is 4. The Morgan fingerprint density at radius 1 is 1.64 bits per heavy atom. The molecule has 0 aliphatic carbocycles. The van der Waals surface area contributed by atoms with Gasteiger partial charge in [-0.3, -0.25) is 0 Å². The first kappa shape index (κ1) is 8.44. The van der Waals surface area contributed by atoms with Crippen molar-refractivity contribution in [1.82, 2.24) is 19.6 Å². The number of aryl methyl sites for hydroxylation is 1. The molecule has 0 atom stereocenters. The van der Waals surface area contributed by atoms with Crippen molar-refractivity contribution in [2.24, 2.45) is 0 Å². The first-order valence-electron chi connectivity index (χ1n) is 4.16. The number of hydrogen-bond acceptors (Lipinski definition) is 5. The molecule has 0 aliphatic rings. The molecule has 0 bridgehead atoms. The minimum atomic E-state index is 0.282. The van der Waals surface area contributed by atoms with E-state index in [-0.39, 0.29) is 5.82 Å². The standard InChI is InChI=1S/C8H8N6/c1-2-6-12-8-11-4-5(3-9)7(10)14(8)13-6/h4H,2,10H2,1H3.